The Kier molecular flexibility index (Phi) is 6.91. The number of nitrogens with two attached hydrogens (primary N) is 1. The van der Waals surface area contributed by atoms with Crippen LogP contribution in [-0.2, 0) is 0 Å². The van der Waals surface area contributed by atoms with Gasteiger partial charge in [0.25, 0.3) is 0 Å². The highest BCUT2D eigenvalue weighted by atomic mass is 15.4. The first kappa shape index (κ1) is 9.88. The predicted molar refractivity (Wildman–Crippen MR) is 44.6 cm³/mol. The minimum absolute atomic E-state index is 0.969. The van der Waals surface area contributed by atoms with Crippen molar-refractivity contribution in [3.63, 3.8) is 0 Å². The summed E-state index contributed by atoms with van der Waals surface area (Å²) in [4.78, 5) is 0. The van der Waals surface area contributed by atoms with Gasteiger partial charge in [-0.2, -0.15) is 0 Å². The highest BCUT2D eigenvalue weighted by Gasteiger charge is 1.88. The number of hydrazine groups is 1. The van der Waals surface area contributed by atoms with E-state index in [-0.39, 0.29) is 0 Å². The third-order valence-corrected chi connectivity index (χ3v) is 1.29. The Hall–Kier alpha value is -0.120. The van der Waals surface area contributed by atoms with Crippen LogP contribution in [-0.4, -0.2) is 31.7 Å². The molecule has 0 unspecified atom stereocenters. The Morgan fingerprint density at radius 1 is 1.40 bits per heavy atom. The average Bonchev–Trinajstić information content (AvgIpc) is 1.87. The van der Waals surface area contributed by atoms with E-state index in [0.717, 1.165) is 26.1 Å². The maximum atomic E-state index is 5.41. The smallest absolute Gasteiger partial charge is 0.0137 e. The van der Waals surface area contributed by atoms with Crippen LogP contribution in [0.1, 0.15) is 19.8 Å². The fourth-order valence-corrected chi connectivity index (χ4v) is 0.755. The van der Waals surface area contributed by atoms with Crippen LogP contribution in [0.2, 0.25) is 0 Å². The molecule has 3 nitrogen and oxygen atoms in total. The molecule has 3 N–H and O–H groups in total. The van der Waals surface area contributed by atoms with Crippen LogP contribution in [0, 0.1) is 0 Å². The number of nitrogens with one attached hydrogen (secondary N) is 1. The molecule has 0 aliphatic rings. The maximum absolute atomic E-state index is 5.41. The van der Waals surface area contributed by atoms with Gasteiger partial charge in [0.05, 0.1) is 0 Å². The maximum Gasteiger partial charge on any atom is 0.0137 e. The van der Waals surface area contributed by atoms with Gasteiger partial charge in [0.1, 0.15) is 0 Å². The van der Waals surface area contributed by atoms with Crippen LogP contribution in [0.4, 0.5) is 0 Å². The minimum Gasteiger partial charge on any atom is -0.317 e. The monoisotopic (exact) mass is 145 g/mol. The zero-order valence-corrected chi connectivity index (χ0v) is 7.06. The Labute approximate surface area is 63.5 Å². The van der Waals surface area contributed by atoms with E-state index in [9.17, 15) is 0 Å². The van der Waals surface area contributed by atoms with Gasteiger partial charge in [-0.15, -0.1) is 0 Å². The summed E-state index contributed by atoms with van der Waals surface area (Å²) in [6.45, 7) is 5.34. The zero-order valence-electron chi connectivity index (χ0n) is 7.06. The summed E-state index contributed by atoms with van der Waals surface area (Å²) in [6, 6.07) is 0. The van der Waals surface area contributed by atoms with Gasteiger partial charge < -0.3 is 5.32 Å². The molecule has 0 aromatic heterocycles. The first-order valence-electron chi connectivity index (χ1n) is 3.94. The molecule has 0 fully saturated rings. The lowest BCUT2D eigenvalue weighted by molar-refractivity contribution is 0.340. The summed E-state index contributed by atoms with van der Waals surface area (Å²) < 4.78 is 0. The highest BCUT2D eigenvalue weighted by molar-refractivity contribution is 4.47. The standard InChI is InChI=1S/C7H19N3/c1-3-5-9-6-4-7-10(2)8/h9H,3-8H2,1-2H3. The molecule has 0 aliphatic heterocycles. The third-order valence-electron chi connectivity index (χ3n) is 1.29. The second kappa shape index (κ2) is 6.99. The third kappa shape index (κ3) is 7.88. The number of nitrogens with zero attached hydrogens (tertiary/aromatic N) is 1. The van der Waals surface area contributed by atoms with Crippen LogP contribution in [0.3, 0.4) is 0 Å². The first-order chi connectivity index (χ1) is 4.77. The Morgan fingerprint density at radius 3 is 2.60 bits per heavy atom. The van der Waals surface area contributed by atoms with Crippen molar-refractivity contribution >= 4 is 0 Å². The number of hydrogen-bond acceptors (Lipinski definition) is 3. The SMILES string of the molecule is CCCNCCCN(C)N. The summed E-state index contributed by atoms with van der Waals surface area (Å²) in [5.74, 6) is 5.41. The molecule has 0 amide bonds. The fourth-order valence-electron chi connectivity index (χ4n) is 0.755. The average molecular weight is 145 g/mol. The summed E-state index contributed by atoms with van der Waals surface area (Å²) in [5, 5.41) is 5.02. The van der Waals surface area contributed by atoms with E-state index in [0.29, 0.717) is 0 Å². The molecule has 3 heteroatoms. The first-order valence-corrected chi connectivity index (χ1v) is 3.94. The summed E-state index contributed by atoms with van der Waals surface area (Å²) in [5.41, 5.74) is 0. The summed E-state index contributed by atoms with van der Waals surface area (Å²) in [7, 11) is 1.89. The molecule has 0 bridgehead atoms. The molecule has 62 valence electrons. The molecule has 0 rings (SSSR count). The highest BCUT2D eigenvalue weighted by Crippen LogP contribution is 1.78. The van der Waals surface area contributed by atoms with E-state index >= 15 is 0 Å². The molecule has 0 aromatic rings. The van der Waals surface area contributed by atoms with E-state index in [4.69, 9.17) is 5.84 Å². The lowest BCUT2D eigenvalue weighted by atomic mass is 10.4. The van der Waals surface area contributed by atoms with Gasteiger partial charge in [-0.1, -0.05) is 6.92 Å². The van der Waals surface area contributed by atoms with Crippen LogP contribution in [0.25, 0.3) is 0 Å². The Bertz CT molecular complexity index is 63.9. The van der Waals surface area contributed by atoms with Crippen molar-refractivity contribution < 1.29 is 0 Å². The Morgan fingerprint density at radius 2 is 2.10 bits per heavy atom. The molecule has 0 heterocycles. The van der Waals surface area contributed by atoms with Crippen LogP contribution in [0.5, 0.6) is 0 Å². The lowest BCUT2D eigenvalue weighted by Gasteiger charge is -2.08. The molecule has 0 aromatic carbocycles. The zero-order chi connectivity index (χ0) is 7.82. The van der Waals surface area contributed by atoms with Crippen molar-refractivity contribution in [2.75, 3.05) is 26.7 Å². The summed E-state index contributed by atoms with van der Waals surface area (Å²) >= 11 is 0. The van der Waals surface area contributed by atoms with Gasteiger partial charge >= 0.3 is 0 Å². The normalized spacial score (nSPS) is 10.8. The second-order valence-electron chi connectivity index (χ2n) is 2.58. The molecule has 0 atom stereocenters. The van der Waals surface area contributed by atoms with Gasteiger partial charge in [0, 0.05) is 13.6 Å². The van der Waals surface area contributed by atoms with Crippen LogP contribution in [0.15, 0.2) is 0 Å². The molecule has 0 radical (unpaired) electrons. The molecule has 0 spiro atoms. The Balaban J connectivity index is 2.77. The van der Waals surface area contributed by atoms with Crippen molar-refractivity contribution in [3.05, 3.63) is 0 Å². The molecular weight excluding hydrogens is 126 g/mol. The van der Waals surface area contributed by atoms with Gasteiger partial charge in [-0.3, -0.25) is 10.9 Å². The van der Waals surface area contributed by atoms with Gasteiger partial charge in [0.15, 0.2) is 0 Å². The van der Waals surface area contributed by atoms with Crippen molar-refractivity contribution in [2.24, 2.45) is 5.84 Å². The van der Waals surface area contributed by atoms with E-state index in [1.807, 2.05) is 7.05 Å². The van der Waals surface area contributed by atoms with E-state index in [1.54, 1.807) is 5.01 Å². The van der Waals surface area contributed by atoms with Crippen molar-refractivity contribution in [1.29, 1.82) is 0 Å². The molecular formula is C7H19N3. The van der Waals surface area contributed by atoms with Crippen molar-refractivity contribution in [1.82, 2.24) is 10.3 Å². The topological polar surface area (TPSA) is 41.3 Å². The number of rotatable bonds is 6. The largest absolute Gasteiger partial charge is 0.317 e. The van der Waals surface area contributed by atoms with Gasteiger partial charge in [-0.25, -0.2) is 0 Å². The van der Waals surface area contributed by atoms with Crippen molar-refractivity contribution in [3.8, 4) is 0 Å². The van der Waals surface area contributed by atoms with E-state index in [1.165, 1.54) is 6.42 Å². The fraction of sp³-hybridized carbons (Fsp3) is 1.00. The predicted octanol–water partition coefficient (Wildman–Crippen LogP) is 0.182. The van der Waals surface area contributed by atoms with Crippen LogP contribution < -0.4 is 11.2 Å². The van der Waals surface area contributed by atoms with Crippen LogP contribution >= 0.6 is 0 Å². The minimum atomic E-state index is 0.969. The summed E-state index contributed by atoms with van der Waals surface area (Å²) in [6.07, 6.45) is 2.34. The quantitative estimate of drug-likeness (QED) is 0.318. The molecule has 0 aliphatic carbocycles. The van der Waals surface area contributed by atoms with E-state index < -0.39 is 0 Å². The second-order valence-corrected chi connectivity index (χ2v) is 2.58. The van der Waals surface area contributed by atoms with E-state index in [2.05, 4.69) is 12.2 Å². The molecule has 0 saturated heterocycles. The van der Waals surface area contributed by atoms with Gasteiger partial charge in [-0.05, 0) is 25.9 Å². The number of hydrogen-bond donors (Lipinski definition) is 2. The molecule has 0 saturated carbocycles. The molecule has 10 heavy (non-hydrogen) atoms. The van der Waals surface area contributed by atoms with Gasteiger partial charge in [0.2, 0.25) is 0 Å². The van der Waals surface area contributed by atoms with Crippen molar-refractivity contribution in [2.45, 2.75) is 19.8 Å². The lowest BCUT2D eigenvalue weighted by Crippen LogP contribution is -2.29.